The summed E-state index contributed by atoms with van der Waals surface area (Å²) in [4.78, 5) is 0. The predicted molar refractivity (Wildman–Crippen MR) is 49.9 cm³/mol. The standard InChI is InChI=1S/C11H20O/c1-11(2)6-8-4-3-5-9(7-11)10(8)12/h8-10,12H,3-7H2,1-2H3. The minimum atomic E-state index is 0.0341. The highest BCUT2D eigenvalue weighted by Crippen LogP contribution is 2.48. The number of fused-ring (bicyclic) bond motifs is 2. The van der Waals surface area contributed by atoms with Crippen LogP contribution in [0.5, 0.6) is 0 Å². The van der Waals surface area contributed by atoms with Crippen LogP contribution in [0.1, 0.15) is 46.0 Å². The lowest BCUT2D eigenvalue weighted by molar-refractivity contribution is -0.0563. The first kappa shape index (κ1) is 8.55. The first-order valence-electron chi connectivity index (χ1n) is 5.26. The summed E-state index contributed by atoms with van der Waals surface area (Å²) >= 11 is 0. The van der Waals surface area contributed by atoms with Crippen molar-refractivity contribution in [1.29, 1.82) is 0 Å². The third-order valence-corrected chi connectivity index (χ3v) is 3.75. The number of hydrogen-bond acceptors (Lipinski definition) is 1. The Balaban J connectivity index is 2.12. The van der Waals surface area contributed by atoms with Crippen molar-refractivity contribution in [3.63, 3.8) is 0 Å². The fourth-order valence-corrected chi connectivity index (χ4v) is 3.32. The normalized spacial score (nSPS) is 45.8. The molecule has 1 N–H and O–H groups in total. The molecule has 0 aromatic rings. The summed E-state index contributed by atoms with van der Waals surface area (Å²) in [5.74, 6) is 1.24. The van der Waals surface area contributed by atoms with Gasteiger partial charge in [-0.25, -0.2) is 0 Å². The lowest BCUT2D eigenvalue weighted by Crippen LogP contribution is -2.43. The van der Waals surface area contributed by atoms with Crippen LogP contribution in [0.25, 0.3) is 0 Å². The van der Waals surface area contributed by atoms with E-state index >= 15 is 0 Å². The van der Waals surface area contributed by atoms with E-state index in [0.29, 0.717) is 17.3 Å². The molecule has 0 radical (unpaired) electrons. The maximum atomic E-state index is 9.92. The van der Waals surface area contributed by atoms with Crippen molar-refractivity contribution in [2.75, 3.05) is 0 Å². The van der Waals surface area contributed by atoms with E-state index in [0.717, 1.165) is 0 Å². The van der Waals surface area contributed by atoms with E-state index in [4.69, 9.17) is 0 Å². The first-order valence-corrected chi connectivity index (χ1v) is 5.26. The van der Waals surface area contributed by atoms with E-state index < -0.39 is 0 Å². The molecule has 2 rings (SSSR count). The third kappa shape index (κ3) is 1.39. The highest BCUT2D eigenvalue weighted by molar-refractivity contribution is 4.93. The summed E-state index contributed by atoms with van der Waals surface area (Å²) in [6, 6.07) is 0. The molecular formula is C11H20O. The van der Waals surface area contributed by atoms with Gasteiger partial charge in [0.25, 0.3) is 0 Å². The molecule has 1 nitrogen and oxygen atoms in total. The summed E-state index contributed by atoms with van der Waals surface area (Å²) in [7, 11) is 0. The van der Waals surface area contributed by atoms with Gasteiger partial charge in [0.1, 0.15) is 0 Å². The quantitative estimate of drug-likeness (QED) is 0.589. The van der Waals surface area contributed by atoms with Gasteiger partial charge in [-0.2, -0.15) is 0 Å². The van der Waals surface area contributed by atoms with Crippen LogP contribution in [-0.2, 0) is 0 Å². The summed E-state index contributed by atoms with van der Waals surface area (Å²) < 4.78 is 0. The minimum Gasteiger partial charge on any atom is -0.393 e. The average Bonchev–Trinajstić information content (AvgIpc) is 1.92. The van der Waals surface area contributed by atoms with Crippen LogP contribution in [0.2, 0.25) is 0 Å². The molecule has 0 amide bonds. The Morgan fingerprint density at radius 3 is 2.08 bits per heavy atom. The van der Waals surface area contributed by atoms with Crippen molar-refractivity contribution in [1.82, 2.24) is 0 Å². The lowest BCUT2D eigenvalue weighted by Gasteiger charge is -2.47. The summed E-state index contributed by atoms with van der Waals surface area (Å²) in [5.41, 5.74) is 0.495. The SMILES string of the molecule is CC1(C)CC2CCCC(C1)C2O. The van der Waals surface area contributed by atoms with Gasteiger partial charge in [0.05, 0.1) is 6.10 Å². The Hall–Kier alpha value is -0.0400. The van der Waals surface area contributed by atoms with Gasteiger partial charge in [-0.05, 0) is 42.9 Å². The fraction of sp³-hybridized carbons (Fsp3) is 1.00. The van der Waals surface area contributed by atoms with Crippen molar-refractivity contribution in [2.24, 2.45) is 17.3 Å². The van der Waals surface area contributed by atoms with Crippen LogP contribution in [0.4, 0.5) is 0 Å². The fourth-order valence-electron chi connectivity index (χ4n) is 3.32. The predicted octanol–water partition coefficient (Wildman–Crippen LogP) is 2.58. The van der Waals surface area contributed by atoms with Gasteiger partial charge in [-0.15, -0.1) is 0 Å². The van der Waals surface area contributed by atoms with Crippen LogP contribution >= 0.6 is 0 Å². The topological polar surface area (TPSA) is 20.2 Å². The molecule has 2 unspecified atom stereocenters. The van der Waals surface area contributed by atoms with Gasteiger partial charge in [0.15, 0.2) is 0 Å². The molecule has 2 aliphatic carbocycles. The lowest BCUT2D eigenvalue weighted by atomic mass is 9.61. The van der Waals surface area contributed by atoms with Crippen LogP contribution in [0.3, 0.4) is 0 Å². The molecule has 12 heavy (non-hydrogen) atoms. The second-order valence-corrected chi connectivity index (χ2v) is 5.51. The van der Waals surface area contributed by atoms with E-state index in [1.54, 1.807) is 0 Å². The van der Waals surface area contributed by atoms with Crippen LogP contribution in [0, 0.1) is 17.3 Å². The summed E-state index contributed by atoms with van der Waals surface area (Å²) in [5, 5.41) is 9.92. The molecule has 1 heteroatoms. The summed E-state index contributed by atoms with van der Waals surface area (Å²) in [6.45, 7) is 4.70. The monoisotopic (exact) mass is 168 g/mol. The number of aliphatic hydroxyl groups is 1. The highest BCUT2D eigenvalue weighted by Gasteiger charge is 2.42. The molecule has 0 spiro atoms. The number of hydrogen-bond donors (Lipinski definition) is 1. The second-order valence-electron chi connectivity index (χ2n) is 5.51. The van der Waals surface area contributed by atoms with Gasteiger partial charge < -0.3 is 5.11 Å². The van der Waals surface area contributed by atoms with Crippen molar-refractivity contribution in [2.45, 2.75) is 52.1 Å². The van der Waals surface area contributed by atoms with Crippen LogP contribution < -0.4 is 0 Å². The maximum absolute atomic E-state index is 9.92. The van der Waals surface area contributed by atoms with E-state index in [-0.39, 0.29) is 6.10 Å². The van der Waals surface area contributed by atoms with Crippen molar-refractivity contribution in [3.05, 3.63) is 0 Å². The molecule has 0 heterocycles. The molecule has 0 saturated heterocycles. The van der Waals surface area contributed by atoms with E-state index in [9.17, 15) is 5.11 Å². The van der Waals surface area contributed by atoms with Crippen molar-refractivity contribution < 1.29 is 5.11 Å². The number of rotatable bonds is 0. The zero-order valence-electron chi connectivity index (χ0n) is 8.21. The average molecular weight is 168 g/mol. The van der Waals surface area contributed by atoms with E-state index in [1.807, 2.05) is 0 Å². The molecule has 2 atom stereocenters. The molecule has 0 aromatic heterocycles. The van der Waals surface area contributed by atoms with Gasteiger partial charge in [0.2, 0.25) is 0 Å². The van der Waals surface area contributed by atoms with Gasteiger partial charge in [0, 0.05) is 0 Å². The molecule has 2 aliphatic rings. The molecule has 70 valence electrons. The van der Waals surface area contributed by atoms with Crippen molar-refractivity contribution >= 4 is 0 Å². The smallest absolute Gasteiger partial charge is 0.0596 e. The Kier molecular flexibility index (Phi) is 1.95. The number of aliphatic hydroxyl groups excluding tert-OH is 1. The largest absolute Gasteiger partial charge is 0.393 e. The van der Waals surface area contributed by atoms with Crippen LogP contribution in [-0.4, -0.2) is 11.2 Å². The Morgan fingerprint density at radius 1 is 1.08 bits per heavy atom. The zero-order valence-corrected chi connectivity index (χ0v) is 8.21. The molecule has 0 aliphatic heterocycles. The zero-order chi connectivity index (χ0) is 8.77. The first-order chi connectivity index (χ1) is 5.58. The van der Waals surface area contributed by atoms with Gasteiger partial charge in [-0.1, -0.05) is 20.3 Å². The second kappa shape index (κ2) is 2.73. The molecule has 2 fully saturated rings. The Bertz CT molecular complexity index is 158. The molecular weight excluding hydrogens is 148 g/mol. The molecule has 2 bridgehead atoms. The van der Waals surface area contributed by atoms with Gasteiger partial charge >= 0.3 is 0 Å². The Labute approximate surface area is 75.2 Å². The highest BCUT2D eigenvalue weighted by atomic mass is 16.3. The maximum Gasteiger partial charge on any atom is 0.0596 e. The van der Waals surface area contributed by atoms with E-state index in [2.05, 4.69) is 13.8 Å². The summed E-state index contributed by atoms with van der Waals surface area (Å²) in [6.07, 6.45) is 6.40. The molecule has 0 aromatic carbocycles. The minimum absolute atomic E-state index is 0.0341. The molecule has 2 saturated carbocycles. The Morgan fingerprint density at radius 2 is 1.58 bits per heavy atom. The van der Waals surface area contributed by atoms with Crippen molar-refractivity contribution in [3.8, 4) is 0 Å². The third-order valence-electron chi connectivity index (χ3n) is 3.75. The van der Waals surface area contributed by atoms with Gasteiger partial charge in [-0.3, -0.25) is 0 Å². The van der Waals surface area contributed by atoms with Crippen LogP contribution in [0.15, 0.2) is 0 Å². The van der Waals surface area contributed by atoms with E-state index in [1.165, 1.54) is 32.1 Å².